The predicted octanol–water partition coefficient (Wildman–Crippen LogP) is 4.34. The molecule has 0 unspecified atom stereocenters. The lowest BCUT2D eigenvalue weighted by atomic mass is 10.1. The average Bonchev–Trinajstić information content (AvgIpc) is 3.41. The van der Waals surface area contributed by atoms with Crippen LogP contribution in [0.5, 0.6) is 11.5 Å². The van der Waals surface area contributed by atoms with E-state index in [0.717, 1.165) is 11.3 Å². The quantitative estimate of drug-likeness (QED) is 0.188. The Bertz CT molecular complexity index is 1480. The second-order valence-electron chi connectivity index (χ2n) is 7.54. The van der Waals surface area contributed by atoms with Crippen molar-refractivity contribution in [2.45, 2.75) is 13.8 Å². The number of nitrogens with one attached hydrogen (secondary N) is 1. The number of aryl methyl sites for hydroxylation is 1. The second kappa shape index (κ2) is 10.5. The number of hydrogen-bond donors (Lipinski definition) is 2. The van der Waals surface area contributed by atoms with Crippen LogP contribution in [0.2, 0.25) is 0 Å². The first-order valence-corrected chi connectivity index (χ1v) is 11.6. The van der Waals surface area contributed by atoms with E-state index < -0.39 is 16.9 Å². The van der Waals surface area contributed by atoms with Crippen LogP contribution in [0.1, 0.15) is 33.4 Å². The third kappa shape index (κ3) is 5.41. The first-order chi connectivity index (χ1) is 17.7. The largest absolute Gasteiger partial charge is 0.504 e. The fourth-order valence-electron chi connectivity index (χ4n) is 3.36. The van der Waals surface area contributed by atoms with Crippen LogP contribution in [-0.4, -0.2) is 46.6 Å². The summed E-state index contributed by atoms with van der Waals surface area (Å²) in [5.74, 6) is -1.23. The molecule has 0 bridgehead atoms. The maximum absolute atomic E-state index is 12.3. The number of phenols is 1. The van der Waals surface area contributed by atoms with Crippen molar-refractivity contribution >= 4 is 51.8 Å². The van der Waals surface area contributed by atoms with Gasteiger partial charge in [0, 0.05) is 11.6 Å². The molecule has 1 aromatic heterocycles. The number of nitrogens with zero attached hydrogens (tertiary/aromatic N) is 3. The third-order valence-corrected chi connectivity index (χ3v) is 6.12. The molecule has 0 radical (unpaired) electrons. The molecule has 0 amide bonds. The van der Waals surface area contributed by atoms with Crippen LogP contribution in [0.25, 0.3) is 6.08 Å². The number of esters is 2. The van der Waals surface area contributed by atoms with Crippen molar-refractivity contribution in [2.75, 3.05) is 19.0 Å². The average molecular weight is 525 g/mol. The number of benzene rings is 2. The molecule has 12 nitrogen and oxygen atoms in total. The van der Waals surface area contributed by atoms with Gasteiger partial charge in [0.05, 0.1) is 24.3 Å². The summed E-state index contributed by atoms with van der Waals surface area (Å²) in [5.41, 5.74) is 0.860. The normalized spacial score (nSPS) is 13.8. The number of aromatic hydroxyl groups is 1. The van der Waals surface area contributed by atoms with Gasteiger partial charge < -0.3 is 24.6 Å². The summed E-state index contributed by atoms with van der Waals surface area (Å²) in [6.07, 6.45) is 1.41. The van der Waals surface area contributed by atoms with Crippen LogP contribution in [-0.2, 0) is 14.3 Å². The molecule has 190 valence electrons. The number of thiazole rings is 1. The van der Waals surface area contributed by atoms with Crippen LogP contribution in [0, 0.1) is 17.0 Å². The van der Waals surface area contributed by atoms with Gasteiger partial charge in [-0.15, -0.1) is 0 Å². The van der Waals surface area contributed by atoms with E-state index in [-0.39, 0.29) is 51.8 Å². The maximum atomic E-state index is 12.3. The zero-order chi connectivity index (χ0) is 26.7. The molecule has 2 heterocycles. The van der Waals surface area contributed by atoms with E-state index in [9.17, 15) is 24.8 Å². The molecule has 1 aliphatic rings. The van der Waals surface area contributed by atoms with Crippen LogP contribution < -0.4 is 10.1 Å². The van der Waals surface area contributed by atoms with Gasteiger partial charge in [-0.3, -0.25) is 10.1 Å². The number of phenolic OH excluding ortho intramolecular Hbond substituents is 1. The molecular weight excluding hydrogens is 504 g/mol. The Morgan fingerprint density at radius 3 is 2.76 bits per heavy atom. The summed E-state index contributed by atoms with van der Waals surface area (Å²) >= 11 is 1.01. The van der Waals surface area contributed by atoms with Gasteiger partial charge in [-0.2, -0.15) is 0 Å². The fourth-order valence-corrected chi connectivity index (χ4v) is 4.23. The monoisotopic (exact) mass is 524 g/mol. The number of aromatic nitrogens is 1. The van der Waals surface area contributed by atoms with Gasteiger partial charge >= 0.3 is 11.9 Å². The summed E-state index contributed by atoms with van der Waals surface area (Å²) < 4.78 is 15.2. The summed E-state index contributed by atoms with van der Waals surface area (Å²) in [5, 5.41) is 24.9. The Morgan fingerprint density at radius 1 is 1.30 bits per heavy atom. The number of cyclic esters (lactones) is 1. The van der Waals surface area contributed by atoms with Gasteiger partial charge in [0.25, 0.3) is 5.69 Å². The van der Waals surface area contributed by atoms with Crippen LogP contribution in [0.15, 0.2) is 47.1 Å². The predicted molar refractivity (Wildman–Crippen MR) is 134 cm³/mol. The zero-order valence-electron chi connectivity index (χ0n) is 19.8. The molecule has 0 saturated heterocycles. The number of ether oxygens (including phenoxy) is 3. The number of methoxy groups -OCH3 is 1. The van der Waals surface area contributed by atoms with Crippen LogP contribution in [0.4, 0.5) is 16.5 Å². The van der Waals surface area contributed by atoms with E-state index in [2.05, 4.69) is 15.3 Å². The molecule has 0 aliphatic carbocycles. The molecule has 3 aromatic rings. The minimum absolute atomic E-state index is 0.0471. The molecule has 37 heavy (non-hydrogen) atoms. The van der Waals surface area contributed by atoms with Crippen molar-refractivity contribution in [1.29, 1.82) is 0 Å². The maximum Gasteiger partial charge on any atom is 0.363 e. The summed E-state index contributed by atoms with van der Waals surface area (Å²) in [4.78, 5) is 44.3. The van der Waals surface area contributed by atoms with Crippen molar-refractivity contribution in [3.63, 3.8) is 0 Å². The number of anilines is 2. The summed E-state index contributed by atoms with van der Waals surface area (Å²) in [7, 11) is 1.41. The smallest absolute Gasteiger partial charge is 0.363 e. The van der Waals surface area contributed by atoms with Gasteiger partial charge in [0.2, 0.25) is 5.90 Å². The lowest BCUT2D eigenvalue weighted by Crippen LogP contribution is -2.06. The van der Waals surface area contributed by atoms with Gasteiger partial charge in [0.1, 0.15) is 10.6 Å². The van der Waals surface area contributed by atoms with Crippen LogP contribution in [0.3, 0.4) is 0 Å². The van der Waals surface area contributed by atoms with E-state index in [0.29, 0.717) is 16.1 Å². The highest BCUT2D eigenvalue weighted by molar-refractivity contribution is 7.17. The van der Waals surface area contributed by atoms with E-state index in [4.69, 9.17) is 14.2 Å². The zero-order valence-corrected chi connectivity index (χ0v) is 20.6. The number of nitro benzene ring substituents is 1. The molecule has 0 fully saturated rings. The molecule has 0 spiro atoms. The van der Waals surface area contributed by atoms with Gasteiger partial charge in [-0.25, -0.2) is 19.6 Å². The van der Waals surface area contributed by atoms with Crippen molar-refractivity contribution in [2.24, 2.45) is 4.99 Å². The summed E-state index contributed by atoms with van der Waals surface area (Å²) in [6.45, 7) is 3.53. The number of hydrogen-bond acceptors (Lipinski definition) is 12. The number of nitro groups is 1. The minimum Gasteiger partial charge on any atom is -0.504 e. The molecule has 2 aromatic carbocycles. The highest BCUT2D eigenvalue weighted by Crippen LogP contribution is 2.33. The highest BCUT2D eigenvalue weighted by Gasteiger charge is 2.27. The summed E-state index contributed by atoms with van der Waals surface area (Å²) in [6, 6.07) is 8.67. The van der Waals surface area contributed by atoms with Crippen molar-refractivity contribution in [3.05, 3.63) is 73.9 Å². The number of rotatable bonds is 8. The van der Waals surface area contributed by atoms with Gasteiger partial charge in [-0.05, 0) is 49.8 Å². The minimum atomic E-state index is -0.750. The van der Waals surface area contributed by atoms with Crippen molar-refractivity contribution < 1.29 is 33.8 Å². The Labute approximate surface area is 214 Å². The Balaban J connectivity index is 1.61. The van der Waals surface area contributed by atoms with Crippen molar-refractivity contribution in [3.8, 4) is 11.5 Å². The van der Waals surface area contributed by atoms with E-state index in [1.807, 2.05) is 0 Å². The van der Waals surface area contributed by atoms with E-state index in [1.54, 1.807) is 19.9 Å². The molecule has 13 heteroatoms. The van der Waals surface area contributed by atoms with Gasteiger partial charge in [-0.1, -0.05) is 17.4 Å². The fraction of sp³-hybridized carbons (Fsp3) is 0.167. The number of carbonyl (C=O) groups is 2. The first-order valence-electron chi connectivity index (χ1n) is 10.8. The second-order valence-corrected chi connectivity index (χ2v) is 8.53. The highest BCUT2D eigenvalue weighted by atomic mass is 32.1. The molecule has 2 N–H and O–H groups in total. The Morgan fingerprint density at radius 2 is 2.08 bits per heavy atom. The third-order valence-electron chi connectivity index (χ3n) is 5.07. The number of aliphatic imine (C=N–C) groups is 1. The molecular formula is C24H20N4O8S. The molecule has 0 atom stereocenters. The molecule has 0 saturated carbocycles. The van der Waals surface area contributed by atoms with E-state index >= 15 is 0 Å². The SMILES string of the molecule is CCOC(=O)c1sc(Nc2ccc(C3=N/C(=C/c4ccc(OC)c(O)c4)C(=O)O3)cc2[N+](=O)[O-])nc1C. The molecule has 4 rings (SSSR count). The standard InChI is InChI=1S/C24H20N4O8S/c1-4-35-23(31)20-12(2)25-24(37-20)27-15-7-6-14(11-17(15)28(32)33)21-26-16(22(30)36-21)9-13-5-8-19(34-3)18(29)10-13/h5-11,29H,4H2,1-3H3,(H,25,27)/b16-9+. The van der Waals surface area contributed by atoms with E-state index in [1.165, 1.54) is 43.5 Å². The van der Waals surface area contributed by atoms with Crippen molar-refractivity contribution in [1.82, 2.24) is 4.98 Å². The van der Waals surface area contributed by atoms with Crippen LogP contribution >= 0.6 is 11.3 Å². The number of carbonyl (C=O) groups excluding carboxylic acids is 2. The first kappa shape index (κ1) is 25.3. The Kier molecular flexibility index (Phi) is 7.15. The topological polar surface area (TPSA) is 162 Å². The lowest BCUT2D eigenvalue weighted by Gasteiger charge is -2.06. The molecule has 1 aliphatic heterocycles. The van der Waals surface area contributed by atoms with Gasteiger partial charge in [0.15, 0.2) is 22.3 Å². The Hall–Kier alpha value is -4.78. The lowest BCUT2D eigenvalue weighted by molar-refractivity contribution is -0.383.